The molecule has 2 aliphatic heterocycles. The van der Waals surface area contributed by atoms with Crippen LogP contribution in [0, 0.1) is 5.41 Å². The summed E-state index contributed by atoms with van der Waals surface area (Å²) in [6.45, 7) is 2.38. The number of carbonyl (C=O) groups is 2. The molecule has 2 saturated heterocycles. The number of nitrogens with one attached hydrogen (secondary N) is 2. The van der Waals surface area contributed by atoms with E-state index in [4.69, 9.17) is 9.47 Å². The molecule has 6 nitrogen and oxygen atoms in total. The van der Waals surface area contributed by atoms with Crippen molar-refractivity contribution in [1.82, 2.24) is 10.6 Å². The molecule has 96 valence electrons. The lowest BCUT2D eigenvalue weighted by atomic mass is 9.75. The number of hydrogen-bond acceptors (Lipinski definition) is 5. The van der Waals surface area contributed by atoms with Gasteiger partial charge in [0, 0.05) is 32.0 Å². The van der Waals surface area contributed by atoms with Gasteiger partial charge in [0.25, 0.3) is 0 Å². The summed E-state index contributed by atoms with van der Waals surface area (Å²) in [6.07, 6.45) is 0.601. The molecule has 0 aromatic carbocycles. The molecule has 2 rings (SSSR count). The van der Waals surface area contributed by atoms with Gasteiger partial charge in [0.1, 0.15) is 6.10 Å². The molecular weight excluding hydrogens is 224 g/mol. The summed E-state index contributed by atoms with van der Waals surface area (Å²) < 4.78 is 10.1. The number of ether oxygens (including phenoxy) is 2. The quantitative estimate of drug-likeness (QED) is 0.607. The molecule has 17 heavy (non-hydrogen) atoms. The molecule has 1 spiro atoms. The number of carbonyl (C=O) groups excluding carboxylic acids is 2. The predicted molar refractivity (Wildman–Crippen MR) is 59.3 cm³/mol. The zero-order valence-corrected chi connectivity index (χ0v) is 9.95. The number of methoxy groups -OCH3 is 1. The second kappa shape index (κ2) is 5.01. The van der Waals surface area contributed by atoms with Gasteiger partial charge in [-0.2, -0.15) is 0 Å². The molecule has 1 unspecified atom stereocenters. The molecule has 0 bridgehead atoms. The number of esters is 1. The van der Waals surface area contributed by atoms with Gasteiger partial charge in [-0.25, -0.2) is 0 Å². The Morgan fingerprint density at radius 1 is 1.65 bits per heavy atom. The highest BCUT2D eigenvalue weighted by Crippen LogP contribution is 2.38. The Morgan fingerprint density at radius 3 is 3.00 bits per heavy atom. The minimum atomic E-state index is -0.192. The normalized spacial score (nSPS) is 25.5. The Kier molecular flexibility index (Phi) is 3.63. The van der Waals surface area contributed by atoms with Gasteiger partial charge in [-0.15, -0.1) is 0 Å². The number of hydrogen-bond donors (Lipinski definition) is 2. The second-order valence-electron chi connectivity index (χ2n) is 4.67. The SMILES string of the molecule is COCCC(=O)NCC1OC(=O)CC12CNC2. The van der Waals surface area contributed by atoms with Crippen molar-refractivity contribution in [2.24, 2.45) is 5.41 Å². The van der Waals surface area contributed by atoms with Crippen LogP contribution in [0.15, 0.2) is 0 Å². The van der Waals surface area contributed by atoms with Crippen LogP contribution in [0.25, 0.3) is 0 Å². The third-order valence-electron chi connectivity index (χ3n) is 3.43. The molecule has 0 aromatic heterocycles. The van der Waals surface area contributed by atoms with Crippen LogP contribution in [-0.4, -0.2) is 51.3 Å². The van der Waals surface area contributed by atoms with Crippen LogP contribution in [0.1, 0.15) is 12.8 Å². The lowest BCUT2D eigenvalue weighted by Crippen LogP contribution is -2.60. The fraction of sp³-hybridized carbons (Fsp3) is 0.818. The van der Waals surface area contributed by atoms with Crippen molar-refractivity contribution in [3.8, 4) is 0 Å². The van der Waals surface area contributed by atoms with Crippen LogP contribution < -0.4 is 10.6 Å². The van der Waals surface area contributed by atoms with Crippen LogP contribution in [-0.2, 0) is 19.1 Å². The number of rotatable bonds is 5. The minimum Gasteiger partial charge on any atom is -0.460 e. The zero-order valence-electron chi connectivity index (χ0n) is 9.95. The zero-order chi connectivity index (χ0) is 12.3. The van der Waals surface area contributed by atoms with Gasteiger partial charge < -0.3 is 20.1 Å². The Morgan fingerprint density at radius 2 is 2.41 bits per heavy atom. The van der Waals surface area contributed by atoms with Crippen molar-refractivity contribution in [2.45, 2.75) is 18.9 Å². The molecule has 0 saturated carbocycles. The van der Waals surface area contributed by atoms with E-state index in [9.17, 15) is 9.59 Å². The van der Waals surface area contributed by atoms with E-state index in [2.05, 4.69) is 10.6 Å². The Balaban J connectivity index is 1.78. The topological polar surface area (TPSA) is 76.7 Å². The first kappa shape index (κ1) is 12.3. The highest BCUT2D eigenvalue weighted by atomic mass is 16.6. The van der Waals surface area contributed by atoms with E-state index in [0.717, 1.165) is 13.1 Å². The summed E-state index contributed by atoms with van der Waals surface area (Å²) in [5, 5.41) is 5.93. The average molecular weight is 242 g/mol. The van der Waals surface area contributed by atoms with Crippen molar-refractivity contribution in [3.05, 3.63) is 0 Å². The largest absolute Gasteiger partial charge is 0.460 e. The third kappa shape index (κ3) is 2.58. The van der Waals surface area contributed by atoms with Crippen LogP contribution >= 0.6 is 0 Å². The summed E-state index contributed by atoms with van der Waals surface area (Å²) in [5.41, 5.74) is -0.0916. The van der Waals surface area contributed by atoms with Gasteiger partial charge in [0.2, 0.25) is 5.91 Å². The van der Waals surface area contributed by atoms with Gasteiger partial charge in [-0.3, -0.25) is 9.59 Å². The van der Waals surface area contributed by atoms with E-state index in [0.29, 0.717) is 26.0 Å². The molecule has 0 radical (unpaired) electrons. The van der Waals surface area contributed by atoms with Crippen molar-refractivity contribution in [3.63, 3.8) is 0 Å². The summed E-state index contributed by atoms with van der Waals surface area (Å²) in [7, 11) is 1.56. The Hall–Kier alpha value is -1.14. The van der Waals surface area contributed by atoms with Crippen molar-refractivity contribution >= 4 is 11.9 Å². The standard InChI is InChI=1S/C11H18N2O4/c1-16-3-2-9(14)13-5-8-11(6-12-7-11)4-10(15)17-8/h8,12H,2-7H2,1H3,(H,13,14). The predicted octanol–water partition coefficient (Wildman–Crippen LogP) is -0.956. The summed E-state index contributed by atoms with van der Waals surface area (Å²) >= 11 is 0. The van der Waals surface area contributed by atoms with E-state index in [-0.39, 0.29) is 23.4 Å². The van der Waals surface area contributed by atoms with Crippen LogP contribution in [0.4, 0.5) is 0 Å². The van der Waals surface area contributed by atoms with E-state index < -0.39 is 0 Å². The first-order valence-corrected chi connectivity index (χ1v) is 5.82. The molecule has 6 heteroatoms. The monoisotopic (exact) mass is 242 g/mol. The summed E-state index contributed by atoms with van der Waals surface area (Å²) in [5.74, 6) is -0.236. The van der Waals surface area contributed by atoms with Gasteiger partial charge in [-0.05, 0) is 0 Å². The number of cyclic esters (lactones) is 1. The summed E-state index contributed by atoms with van der Waals surface area (Å²) in [6, 6.07) is 0. The first-order chi connectivity index (χ1) is 8.16. The maximum absolute atomic E-state index is 11.4. The molecular formula is C11H18N2O4. The van der Waals surface area contributed by atoms with Gasteiger partial charge >= 0.3 is 5.97 Å². The summed E-state index contributed by atoms with van der Waals surface area (Å²) in [4.78, 5) is 22.7. The highest BCUT2D eigenvalue weighted by Gasteiger charge is 2.52. The second-order valence-corrected chi connectivity index (χ2v) is 4.67. The number of amides is 1. The van der Waals surface area contributed by atoms with Crippen molar-refractivity contribution < 1.29 is 19.1 Å². The molecule has 2 fully saturated rings. The molecule has 0 aromatic rings. The highest BCUT2D eigenvalue weighted by molar-refractivity contribution is 5.76. The smallest absolute Gasteiger partial charge is 0.306 e. The maximum Gasteiger partial charge on any atom is 0.306 e. The first-order valence-electron chi connectivity index (χ1n) is 5.82. The van der Waals surface area contributed by atoms with Crippen LogP contribution in [0.3, 0.4) is 0 Å². The fourth-order valence-electron chi connectivity index (χ4n) is 2.27. The third-order valence-corrected chi connectivity index (χ3v) is 3.43. The maximum atomic E-state index is 11.4. The average Bonchev–Trinajstić information content (AvgIpc) is 2.60. The van der Waals surface area contributed by atoms with Crippen LogP contribution in [0.5, 0.6) is 0 Å². The van der Waals surface area contributed by atoms with Crippen LogP contribution in [0.2, 0.25) is 0 Å². The minimum absolute atomic E-state index is 0.0720. The Bertz CT molecular complexity index is 315. The van der Waals surface area contributed by atoms with E-state index in [1.807, 2.05) is 0 Å². The Labute approximate surface area is 100 Å². The molecule has 0 aliphatic carbocycles. The van der Waals surface area contributed by atoms with Gasteiger partial charge in [0.15, 0.2) is 0 Å². The molecule has 1 atom stereocenters. The van der Waals surface area contributed by atoms with E-state index >= 15 is 0 Å². The molecule has 1 amide bonds. The molecule has 2 heterocycles. The van der Waals surface area contributed by atoms with Crippen molar-refractivity contribution in [2.75, 3.05) is 33.4 Å². The molecule has 2 aliphatic rings. The fourth-order valence-corrected chi connectivity index (χ4v) is 2.27. The lowest BCUT2D eigenvalue weighted by molar-refractivity contribution is -0.142. The van der Waals surface area contributed by atoms with Crippen molar-refractivity contribution in [1.29, 1.82) is 0 Å². The lowest BCUT2D eigenvalue weighted by Gasteiger charge is -2.41. The van der Waals surface area contributed by atoms with E-state index in [1.165, 1.54) is 0 Å². The van der Waals surface area contributed by atoms with Gasteiger partial charge in [0.05, 0.1) is 19.6 Å². The molecule has 2 N–H and O–H groups in total. The van der Waals surface area contributed by atoms with Gasteiger partial charge in [-0.1, -0.05) is 0 Å². The van der Waals surface area contributed by atoms with E-state index in [1.54, 1.807) is 7.11 Å².